The molecule has 0 bridgehead atoms. The predicted octanol–water partition coefficient (Wildman–Crippen LogP) is 4.23. The highest BCUT2D eigenvalue weighted by atomic mass is 16.6. The first kappa shape index (κ1) is 19.9. The number of fused-ring (bicyclic) bond motifs is 1. The molecule has 28 heavy (non-hydrogen) atoms. The van der Waals surface area contributed by atoms with Crippen molar-refractivity contribution in [3.05, 3.63) is 71.3 Å². The molecule has 0 aromatic heterocycles. The summed E-state index contributed by atoms with van der Waals surface area (Å²) in [4.78, 5) is 27.5. The SMILES string of the molecule is CC(NC(=O)C1Cc2ccccc2CN1C(=O)OC(C)(C)C)c1ccccc1. The van der Waals surface area contributed by atoms with Crippen molar-refractivity contribution in [1.29, 1.82) is 0 Å². The van der Waals surface area contributed by atoms with Gasteiger partial charge in [0.1, 0.15) is 11.6 Å². The van der Waals surface area contributed by atoms with Crippen LogP contribution in [-0.2, 0) is 22.5 Å². The van der Waals surface area contributed by atoms with E-state index >= 15 is 0 Å². The summed E-state index contributed by atoms with van der Waals surface area (Å²) in [6, 6.07) is 17.0. The second-order valence-corrected chi connectivity index (χ2v) is 8.24. The van der Waals surface area contributed by atoms with Gasteiger partial charge in [-0.05, 0) is 44.4 Å². The average Bonchev–Trinajstić information content (AvgIpc) is 2.66. The van der Waals surface area contributed by atoms with Crippen LogP contribution in [-0.4, -0.2) is 28.5 Å². The maximum Gasteiger partial charge on any atom is 0.411 e. The second kappa shape index (κ2) is 8.05. The molecule has 5 heteroatoms. The Kier molecular flexibility index (Phi) is 5.73. The molecular formula is C23H28N2O3. The lowest BCUT2D eigenvalue weighted by atomic mass is 9.93. The van der Waals surface area contributed by atoms with Crippen molar-refractivity contribution >= 4 is 12.0 Å². The second-order valence-electron chi connectivity index (χ2n) is 8.24. The molecule has 0 radical (unpaired) electrons. The van der Waals surface area contributed by atoms with E-state index in [2.05, 4.69) is 5.32 Å². The standard InChI is InChI=1S/C23H28N2O3/c1-16(17-10-6-5-7-11-17)24-21(26)20-14-18-12-8-9-13-19(18)15-25(20)22(27)28-23(2,3)4/h5-13,16,20H,14-15H2,1-4H3,(H,24,26). The first-order chi connectivity index (χ1) is 13.2. The lowest BCUT2D eigenvalue weighted by molar-refractivity contribution is -0.127. The zero-order valence-electron chi connectivity index (χ0n) is 16.9. The summed E-state index contributed by atoms with van der Waals surface area (Å²) in [5.74, 6) is -0.170. The maximum absolute atomic E-state index is 13.1. The van der Waals surface area contributed by atoms with Gasteiger partial charge in [0.2, 0.25) is 5.91 Å². The number of rotatable bonds is 3. The van der Waals surface area contributed by atoms with Crippen LogP contribution in [0.3, 0.4) is 0 Å². The van der Waals surface area contributed by atoms with Crippen molar-refractivity contribution in [2.75, 3.05) is 0 Å². The minimum atomic E-state index is -0.619. The van der Waals surface area contributed by atoms with Gasteiger partial charge in [-0.1, -0.05) is 54.6 Å². The van der Waals surface area contributed by atoms with Crippen LogP contribution >= 0.6 is 0 Å². The van der Waals surface area contributed by atoms with Gasteiger partial charge < -0.3 is 10.1 Å². The van der Waals surface area contributed by atoms with Gasteiger partial charge >= 0.3 is 6.09 Å². The molecule has 2 unspecified atom stereocenters. The zero-order valence-corrected chi connectivity index (χ0v) is 16.9. The highest BCUT2D eigenvalue weighted by molar-refractivity contribution is 5.87. The molecule has 0 saturated heterocycles. The van der Waals surface area contributed by atoms with E-state index in [1.54, 1.807) is 4.90 Å². The molecule has 2 aromatic rings. The van der Waals surface area contributed by atoms with Crippen LogP contribution in [0.15, 0.2) is 54.6 Å². The summed E-state index contributed by atoms with van der Waals surface area (Å²) in [6.07, 6.45) is 0.0115. The predicted molar refractivity (Wildman–Crippen MR) is 109 cm³/mol. The Bertz CT molecular complexity index is 842. The smallest absolute Gasteiger partial charge is 0.411 e. The third-order valence-electron chi connectivity index (χ3n) is 4.84. The Labute approximate surface area is 166 Å². The van der Waals surface area contributed by atoms with Crippen molar-refractivity contribution in [3.8, 4) is 0 Å². The molecule has 1 aliphatic heterocycles. The number of ether oxygens (including phenoxy) is 1. The highest BCUT2D eigenvalue weighted by Crippen LogP contribution is 2.26. The lowest BCUT2D eigenvalue weighted by Crippen LogP contribution is -2.53. The van der Waals surface area contributed by atoms with E-state index < -0.39 is 17.7 Å². The summed E-state index contributed by atoms with van der Waals surface area (Å²) in [5.41, 5.74) is 2.55. The molecule has 1 N–H and O–H groups in total. The van der Waals surface area contributed by atoms with Gasteiger partial charge in [0.25, 0.3) is 0 Å². The van der Waals surface area contributed by atoms with Crippen LogP contribution < -0.4 is 5.32 Å². The topological polar surface area (TPSA) is 58.6 Å². The molecule has 1 heterocycles. The third kappa shape index (κ3) is 4.71. The molecule has 1 aliphatic rings. The van der Waals surface area contributed by atoms with Gasteiger partial charge in [-0.15, -0.1) is 0 Å². The van der Waals surface area contributed by atoms with Crippen molar-refractivity contribution in [2.24, 2.45) is 0 Å². The van der Waals surface area contributed by atoms with Crippen molar-refractivity contribution < 1.29 is 14.3 Å². The summed E-state index contributed by atoms with van der Waals surface area (Å²) in [7, 11) is 0. The number of nitrogens with one attached hydrogen (secondary N) is 1. The van der Waals surface area contributed by atoms with Crippen LogP contribution in [0.5, 0.6) is 0 Å². The van der Waals surface area contributed by atoms with Gasteiger partial charge in [-0.3, -0.25) is 9.69 Å². The van der Waals surface area contributed by atoms with Crippen molar-refractivity contribution in [1.82, 2.24) is 10.2 Å². The quantitative estimate of drug-likeness (QED) is 0.867. The number of amides is 2. The van der Waals surface area contributed by atoms with E-state index in [1.807, 2.05) is 82.3 Å². The Morgan fingerprint density at radius 1 is 1.04 bits per heavy atom. The minimum Gasteiger partial charge on any atom is -0.444 e. The number of carbonyl (C=O) groups is 2. The Balaban J connectivity index is 1.82. The molecule has 0 saturated carbocycles. The van der Waals surface area contributed by atoms with Crippen LogP contribution in [0, 0.1) is 0 Å². The Morgan fingerprint density at radius 3 is 2.29 bits per heavy atom. The fourth-order valence-corrected chi connectivity index (χ4v) is 3.40. The van der Waals surface area contributed by atoms with E-state index in [4.69, 9.17) is 4.74 Å². The number of hydrogen-bond donors (Lipinski definition) is 1. The fourth-order valence-electron chi connectivity index (χ4n) is 3.40. The molecule has 5 nitrogen and oxygen atoms in total. The van der Waals surface area contributed by atoms with Gasteiger partial charge in [0, 0.05) is 6.42 Å². The monoisotopic (exact) mass is 380 g/mol. The van der Waals surface area contributed by atoms with Crippen molar-refractivity contribution in [2.45, 2.75) is 58.3 Å². The molecule has 2 amide bonds. The van der Waals surface area contributed by atoms with Crippen LogP contribution in [0.4, 0.5) is 4.79 Å². The first-order valence-electron chi connectivity index (χ1n) is 9.66. The average molecular weight is 380 g/mol. The maximum atomic E-state index is 13.1. The van der Waals surface area contributed by atoms with Gasteiger partial charge in [0.15, 0.2) is 0 Å². The van der Waals surface area contributed by atoms with Crippen LogP contribution in [0.25, 0.3) is 0 Å². The van der Waals surface area contributed by atoms with E-state index in [9.17, 15) is 9.59 Å². The molecule has 3 rings (SSSR count). The molecule has 0 spiro atoms. The first-order valence-corrected chi connectivity index (χ1v) is 9.66. The van der Waals surface area contributed by atoms with E-state index in [0.717, 1.165) is 16.7 Å². The molecule has 148 valence electrons. The van der Waals surface area contributed by atoms with Gasteiger partial charge in [-0.2, -0.15) is 0 Å². The largest absolute Gasteiger partial charge is 0.444 e. The minimum absolute atomic E-state index is 0.147. The van der Waals surface area contributed by atoms with Crippen molar-refractivity contribution in [3.63, 3.8) is 0 Å². The lowest BCUT2D eigenvalue weighted by Gasteiger charge is -2.37. The number of benzene rings is 2. The number of carbonyl (C=O) groups excluding carboxylic acids is 2. The Morgan fingerprint density at radius 2 is 1.64 bits per heavy atom. The Hall–Kier alpha value is -2.82. The number of nitrogens with zero attached hydrogens (tertiary/aromatic N) is 1. The summed E-state index contributed by atoms with van der Waals surface area (Å²) in [5, 5.41) is 3.06. The highest BCUT2D eigenvalue weighted by Gasteiger charge is 2.37. The third-order valence-corrected chi connectivity index (χ3v) is 4.84. The number of hydrogen-bond acceptors (Lipinski definition) is 3. The van der Waals surface area contributed by atoms with E-state index in [-0.39, 0.29) is 11.9 Å². The zero-order chi connectivity index (χ0) is 20.3. The molecule has 2 aromatic carbocycles. The van der Waals surface area contributed by atoms with Gasteiger partial charge in [0.05, 0.1) is 12.6 Å². The van der Waals surface area contributed by atoms with Crippen LogP contribution in [0.1, 0.15) is 50.4 Å². The summed E-state index contributed by atoms with van der Waals surface area (Å²) >= 11 is 0. The normalized spacial score (nSPS) is 17.4. The van der Waals surface area contributed by atoms with E-state index in [0.29, 0.717) is 13.0 Å². The van der Waals surface area contributed by atoms with Crippen LogP contribution in [0.2, 0.25) is 0 Å². The molecular weight excluding hydrogens is 352 g/mol. The molecule has 2 atom stereocenters. The van der Waals surface area contributed by atoms with Gasteiger partial charge in [-0.25, -0.2) is 4.79 Å². The summed E-state index contributed by atoms with van der Waals surface area (Å²) < 4.78 is 5.57. The fraction of sp³-hybridized carbons (Fsp3) is 0.391. The molecule has 0 aliphatic carbocycles. The molecule has 0 fully saturated rings. The van der Waals surface area contributed by atoms with E-state index in [1.165, 1.54) is 0 Å². The summed E-state index contributed by atoms with van der Waals surface area (Å²) in [6.45, 7) is 7.80.